The van der Waals surface area contributed by atoms with Crippen LogP contribution in [0.4, 0.5) is 0 Å². The number of hydrogen-bond donors (Lipinski definition) is 2. The van der Waals surface area contributed by atoms with Gasteiger partial charge in [0.2, 0.25) is 0 Å². The summed E-state index contributed by atoms with van der Waals surface area (Å²) in [5, 5.41) is 3.27. The third-order valence-corrected chi connectivity index (χ3v) is 2.85. The summed E-state index contributed by atoms with van der Waals surface area (Å²) < 4.78 is 5.56. The van der Waals surface area contributed by atoms with Gasteiger partial charge in [-0.25, -0.2) is 4.98 Å². The zero-order valence-corrected chi connectivity index (χ0v) is 11.9. The minimum Gasteiger partial charge on any atom is -0.493 e. The lowest BCUT2D eigenvalue weighted by molar-refractivity contribution is 0.0946. The van der Waals surface area contributed by atoms with Crippen LogP contribution in [0.1, 0.15) is 29.5 Å². The Bertz CT molecular complexity index is 570. The predicted octanol–water partition coefficient (Wildman–Crippen LogP) is 2.78. The first-order chi connectivity index (χ1) is 9.70. The lowest BCUT2D eigenvalue weighted by Gasteiger charge is -2.11. The van der Waals surface area contributed by atoms with Crippen molar-refractivity contribution in [2.75, 3.05) is 6.61 Å². The van der Waals surface area contributed by atoms with E-state index in [0.29, 0.717) is 35.3 Å². The number of ether oxygens (including phenoxy) is 1. The molecular formula is C14H16ClN3O2. The summed E-state index contributed by atoms with van der Waals surface area (Å²) in [4.78, 5) is 19.1. The van der Waals surface area contributed by atoms with Gasteiger partial charge in [0.25, 0.3) is 5.91 Å². The summed E-state index contributed by atoms with van der Waals surface area (Å²) in [5.41, 5.74) is 0.428. The third kappa shape index (κ3) is 3.74. The van der Waals surface area contributed by atoms with Gasteiger partial charge in [0.15, 0.2) is 0 Å². The van der Waals surface area contributed by atoms with Gasteiger partial charge in [-0.15, -0.1) is 0 Å². The van der Waals surface area contributed by atoms with Crippen LogP contribution in [0.5, 0.6) is 5.75 Å². The van der Waals surface area contributed by atoms with Crippen molar-refractivity contribution in [1.29, 1.82) is 0 Å². The number of halogens is 1. The highest BCUT2D eigenvalue weighted by atomic mass is 35.5. The van der Waals surface area contributed by atoms with Crippen LogP contribution in [0.25, 0.3) is 0 Å². The second-order valence-electron chi connectivity index (χ2n) is 4.21. The predicted molar refractivity (Wildman–Crippen MR) is 77.0 cm³/mol. The summed E-state index contributed by atoms with van der Waals surface area (Å²) in [6.07, 6.45) is 4.21. The van der Waals surface area contributed by atoms with Crippen LogP contribution in [-0.2, 0) is 6.54 Å². The molecular weight excluding hydrogens is 278 g/mol. The Kier molecular flexibility index (Phi) is 5.01. The number of carbonyl (C=O) groups excluding carboxylic acids is 1. The lowest BCUT2D eigenvalue weighted by atomic mass is 10.2. The summed E-state index contributed by atoms with van der Waals surface area (Å²) >= 11 is 5.94. The van der Waals surface area contributed by atoms with Gasteiger partial charge in [0.05, 0.1) is 18.7 Å². The van der Waals surface area contributed by atoms with Crippen molar-refractivity contribution in [2.45, 2.75) is 19.9 Å². The molecule has 0 saturated carbocycles. The van der Waals surface area contributed by atoms with E-state index in [1.807, 2.05) is 6.92 Å². The molecule has 5 nitrogen and oxygen atoms in total. The maximum absolute atomic E-state index is 12.2. The number of imidazole rings is 1. The van der Waals surface area contributed by atoms with Gasteiger partial charge in [0.1, 0.15) is 11.6 Å². The Morgan fingerprint density at radius 3 is 3.05 bits per heavy atom. The van der Waals surface area contributed by atoms with E-state index in [0.717, 1.165) is 6.42 Å². The Morgan fingerprint density at radius 2 is 2.35 bits per heavy atom. The normalized spacial score (nSPS) is 10.3. The van der Waals surface area contributed by atoms with Crippen molar-refractivity contribution in [3.05, 3.63) is 47.0 Å². The molecule has 1 heterocycles. The molecule has 0 unspecified atom stereocenters. The summed E-state index contributed by atoms with van der Waals surface area (Å²) in [7, 11) is 0. The van der Waals surface area contributed by atoms with E-state index in [1.165, 1.54) is 0 Å². The van der Waals surface area contributed by atoms with Gasteiger partial charge < -0.3 is 15.0 Å². The van der Waals surface area contributed by atoms with Crippen molar-refractivity contribution in [3.63, 3.8) is 0 Å². The van der Waals surface area contributed by atoms with Crippen LogP contribution in [0.2, 0.25) is 5.02 Å². The second kappa shape index (κ2) is 6.96. The molecule has 0 aliphatic carbocycles. The number of nitrogens with zero attached hydrogens (tertiary/aromatic N) is 1. The van der Waals surface area contributed by atoms with E-state index < -0.39 is 0 Å². The van der Waals surface area contributed by atoms with Gasteiger partial charge >= 0.3 is 0 Å². The van der Waals surface area contributed by atoms with Crippen molar-refractivity contribution < 1.29 is 9.53 Å². The number of benzene rings is 1. The zero-order valence-electron chi connectivity index (χ0n) is 11.1. The molecule has 2 aromatic rings. The summed E-state index contributed by atoms with van der Waals surface area (Å²) in [5.74, 6) is 0.986. The van der Waals surface area contributed by atoms with E-state index in [1.54, 1.807) is 30.6 Å². The molecule has 2 N–H and O–H groups in total. The lowest BCUT2D eigenvalue weighted by Crippen LogP contribution is -2.24. The molecule has 20 heavy (non-hydrogen) atoms. The van der Waals surface area contributed by atoms with Crippen LogP contribution in [0.3, 0.4) is 0 Å². The molecule has 6 heteroatoms. The Balaban J connectivity index is 2.08. The van der Waals surface area contributed by atoms with Gasteiger partial charge in [-0.2, -0.15) is 0 Å². The standard InChI is InChI=1S/C14H16ClN3O2/c1-2-7-20-12-4-3-10(15)8-11(12)14(19)18-9-13-16-5-6-17-13/h3-6,8H,2,7,9H2,1H3,(H,16,17)(H,18,19). The van der Waals surface area contributed by atoms with Crippen LogP contribution >= 0.6 is 11.6 Å². The van der Waals surface area contributed by atoms with E-state index >= 15 is 0 Å². The molecule has 0 saturated heterocycles. The highest BCUT2D eigenvalue weighted by Crippen LogP contribution is 2.23. The molecule has 0 atom stereocenters. The molecule has 1 amide bonds. The van der Waals surface area contributed by atoms with E-state index in [9.17, 15) is 4.79 Å². The van der Waals surface area contributed by atoms with Gasteiger partial charge in [-0.3, -0.25) is 4.79 Å². The Morgan fingerprint density at radius 1 is 1.50 bits per heavy atom. The maximum atomic E-state index is 12.2. The van der Waals surface area contributed by atoms with Crippen LogP contribution in [-0.4, -0.2) is 22.5 Å². The molecule has 0 aliphatic heterocycles. The minimum absolute atomic E-state index is 0.241. The fraction of sp³-hybridized carbons (Fsp3) is 0.286. The number of carbonyl (C=O) groups is 1. The number of rotatable bonds is 6. The number of H-pyrrole nitrogens is 1. The SMILES string of the molecule is CCCOc1ccc(Cl)cc1C(=O)NCc1ncc[nH]1. The van der Waals surface area contributed by atoms with E-state index in [-0.39, 0.29) is 5.91 Å². The highest BCUT2D eigenvalue weighted by Gasteiger charge is 2.13. The van der Waals surface area contributed by atoms with Crippen LogP contribution in [0.15, 0.2) is 30.6 Å². The zero-order chi connectivity index (χ0) is 14.4. The molecule has 1 aromatic carbocycles. The summed E-state index contributed by atoms with van der Waals surface area (Å²) in [6.45, 7) is 2.89. The first-order valence-electron chi connectivity index (χ1n) is 6.39. The average molecular weight is 294 g/mol. The minimum atomic E-state index is -0.241. The first-order valence-corrected chi connectivity index (χ1v) is 6.77. The molecule has 0 aliphatic rings. The Hall–Kier alpha value is -2.01. The van der Waals surface area contributed by atoms with Crippen molar-refractivity contribution in [3.8, 4) is 5.75 Å². The molecule has 0 bridgehead atoms. The number of aromatic amines is 1. The average Bonchev–Trinajstić information content (AvgIpc) is 2.96. The summed E-state index contributed by atoms with van der Waals surface area (Å²) in [6, 6.07) is 5.01. The largest absolute Gasteiger partial charge is 0.493 e. The van der Waals surface area contributed by atoms with Crippen LogP contribution in [0, 0.1) is 0 Å². The molecule has 0 spiro atoms. The number of aromatic nitrogens is 2. The van der Waals surface area contributed by atoms with Gasteiger partial charge in [0, 0.05) is 17.4 Å². The quantitative estimate of drug-likeness (QED) is 0.860. The van der Waals surface area contributed by atoms with Gasteiger partial charge in [-0.05, 0) is 24.6 Å². The van der Waals surface area contributed by atoms with Crippen molar-refractivity contribution in [1.82, 2.24) is 15.3 Å². The number of nitrogens with one attached hydrogen (secondary N) is 2. The molecule has 2 rings (SSSR count). The first kappa shape index (κ1) is 14.4. The Labute approximate surface area is 122 Å². The van der Waals surface area contributed by atoms with E-state index in [2.05, 4.69) is 15.3 Å². The second-order valence-corrected chi connectivity index (χ2v) is 4.64. The maximum Gasteiger partial charge on any atom is 0.255 e. The smallest absolute Gasteiger partial charge is 0.255 e. The van der Waals surface area contributed by atoms with Crippen molar-refractivity contribution in [2.24, 2.45) is 0 Å². The fourth-order valence-electron chi connectivity index (χ4n) is 1.67. The molecule has 0 fully saturated rings. The number of amides is 1. The van der Waals surface area contributed by atoms with Crippen LogP contribution < -0.4 is 10.1 Å². The monoisotopic (exact) mass is 293 g/mol. The fourth-order valence-corrected chi connectivity index (χ4v) is 1.84. The topological polar surface area (TPSA) is 67.0 Å². The molecule has 106 valence electrons. The third-order valence-electron chi connectivity index (χ3n) is 2.62. The highest BCUT2D eigenvalue weighted by molar-refractivity contribution is 6.31. The van der Waals surface area contributed by atoms with Crippen molar-refractivity contribution >= 4 is 17.5 Å². The molecule has 1 aromatic heterocycles. The van der Waals surface area contributed by atoms with Gasteiger partial charge in [-0.1, -0.05) is 18.5 Å². The molecule has 0 radical (unpaired) electrons. The van der Waals surface area contributed by atoms with E-state index in [4.69, 9.17) is 16.3 Å². The number of hydrogen-bond acceptors (Lipinski definition) is 3.